The lowest BCUT2D eigenvalue weighted by Crippen LogP contribution is -2.33. The van der Waals surface area contributed by atoms with Gasteiger partial charge in [-0.2, -0.15) is 0 Å². The van der Waals surface area contributed by atoms with Crippen LogP contribution in [0.4, 0.5) is 5.69 Å². The van der Waals surface area contributed by atoms with Gasteiger partial charge in [-0.15, -0.1) is 0 Å². The van der Waals surface area contributed by atoms with Gasteiger partial charge in [-0.05, 0) is 19.1 Å². The molecule has 0 aliphatic rings. The minimum Gasteiger partial charge on any atom is -0.383 e. The van der Waals surface area contributed by atoms with Gasteiger partial charge in [0.2, 0.25) is 11.8 Å². The molecule has 2 amide bonds. The van der Waals surface area contributed by atoms with Crippen molar-refractivity contribution >= 4 is 17.5 Å². The molecule has 0 heterocycles. The number of aryl methyl sites for hydroxylation is 1. The molecule has 0 aromatic heterocycles. The maximum Gasteiger partial charge on any atom is 0.238 e. The van der Waals surface area contributed by atoms with Gasteiger partial charge >= 0.3 is 0 Å². The molecule has 6 nitrogen and oxygen atoms in total. The fourth-order valence-corrected chi connectivity index (χ4v) is 1.63. The minimum atomic E-state index is -0.126. The third-order valence-corrected chi connectivity index (χ3v) is 2.78. The minimum absolute atomic E-state index is 0.0570. The van der Waals surface area contributed by atoms with Gasteiger partial charge in [-0.3, -0.25) is 9.59 Å². The topological polar surface area (TPSA) is 79.5 Å². The van der Waals surface area contributed by atoms with Crippen LogP contribution in [-0.2, 0) is 14.3 Å². The van der Waals surface area contributed by atoms with E-state index in [4.69, 9.17) is 4.74 Å². The van der Waals surface area contributed by atoms with Gasteiger partial charge in [-0.1, -0.05) is 17.7 Å². The molecule has 3 N–H and O–H groups in total. The number of hydrogen-bond donors (Lipinski definition) is 3. The van der Waals surface area contributed by atoms with Crippen molar-refractivity contribution in [2.24, 2.45) is 0 Å². The van der Waals surface area contributed by atoms with Crippen molar-refractivity contribution in [3.05, 3.63) is 29.8 Å². The molecule has 0 radical (unpaired) electrons. The Bertz CT molecular complexity index is 446. The zero-order chi connectivity index (χ0) is 15.5. The quantitative estimate of drug-likeness (QED) is 0.585. The summed E-state index contributed by atoms with van der Waals surface area (Å²) in [7, 11) is 1.58. The number of amides is 2. The summed E-state index contributed by atoms with van der Waals surface area (Å²) in [5, 5.41) is 8.43. The number of methoxy groups -OCH3 is 1. The SMILES string of the molecule is COCCNC(=O)CCNCC(=O)Nc1ccc(C)cc1. The fourth-order valence-electron chi connectivity index (χ4n) is 1.63. The van der Waals surface area contributed by atoms with E-state index in [1.807, 2.05) is 31.2 Å². The highest BCUT2D eigenvalue weighted by molar-refractivity contribution is 5.92. The van der Waals surface area contributed by atoms with E-state index in [1.165, 1.54) is 0 Å². The normalized spacial score (nSPS) is 10.2. The van der Waals surface area contributed by atoms with Crippen LogP contribution in [0.15, 0.2) is 24.3 Å². The molecular weight excluding hydrogens is 270 g/mol. The number of hydrogen-bond acceptors (Lipinski definition) is 4. The average Bonchev–Trinajstić information content (AvgIpc) is 2.46. The number of nitrogens with one attached hydrogen (secondary N) is 3. The first kappa shape index (κ1) is 17.1. The van der Waals surface area contributed by atoms with Crippen molar-refractivity contribution in [3.63, 3.8) is 0 Å². The monoisotopic (exact) mass is 293 g/mol. The lowest BCUT2D eigenvalue weighted by molar-refractivity contribution is -0.121. The zero-order valence-electron chi connectivity index (χ0n) is 12.6. The summed E-state index contributed by atoms with van der Waals surface area (Å²) in [5.41, 5.74) is 1.91. The Labute approximate surface area is 125 Å². The number of ether oxygens (including phenoxy) is 1. The molecule has 0 spiro atoms. The summed E-state index contributed by atoms with van der Waals surface area (Å²) in [5.74, 6) is -0.183. The van der Waals surface area contributed by atoms with Crippen LogP contribution >= 0.6 is 0 Å². The van der Waals surface area contributed by atoms with E-state index in [-0.39, 0.29) is 18.4 Å². The molecule has 1 rings (SSSR count). The zero-order valence-corrected chi connectivity index (χ0v) is 12.6. The highest BCUT2D eigenvalue weighted by atomic mass is 16.5. The number of anilines is 1. The van der Waals surface area contributed by atoms with E-state index < -0.39 is 0 Å². The first-order valence-corrected chi connectivity index (χ1v) is 6.94. The van der Waals surface area contributed by atoms with Crippen molar-refractivity contribution in [1.29, 1.82) is 0 Å². The Morgan fingerprint density at radius 3 is 2.48 bits per heavy atom. The van der Waals surface area contributed by atoms with Crippen LogP contribution < -0.4 is 16.0 Å². The van der Waals surface area contributed by atoms with Crippen molar-refractivity contribution < 1.29 is 14.3 Å². The lowest BCUT2D eigenvalue weighted by atomic mass is 10.2. The third-order valence-electron chi connectivity index (χ3n) is 2.78. The van der Waals surface area contributed by atoms with Gasteiger partial charge in [0.25, 0.3) is 0 Å². The molecule has 0 unspecified atom stereocenters. The van der Waals surface area contributed by atoms with Crippen LogP contribution in [0.1, 0.15) is 12.0 Å². The Kier molecular flexibility index (Phi) is 8.08. The Balaban J connectivity index is 2.10. The second-order valence-corrected chi connectivity index (χ2v) is 4.68. The average molecular weight is 293 g/mol. The summed E-state index contributed by atoms with van der Waals surface area (Å²) < 4.78 is 4.83. The van der Waals surface area contributed by atoms with Crippen LogP contribution in [0.3, 0.4) is 0 Å². The van der Waals surface area contributed by atoms with Crippen molar-refractivity contribution in [1.82, 2.24) is 10.6 Å². The van der Waals surface area contributed by atoms with Crippen molar-refractivity contribution in [3.8, 4) is 0 Å². The van der Waals surface area contributed by atoms with E-state index in [0.29, 0.717) is 26.1 Å². The molecule has 0 saturated carbocycles. The molecule has 0 bridgehead atoms. The second-order valence-electron chi connectivity index (χ2n) is 4.68. The first-order valence-electron chi connectivity index (χ1n) is 6.94. The molecule has 1 aromatic carbocycles. The van der Waals surface area contributed by atoms with Gasteiger partial charge in [0, 0.05) is 32.3 Å². The number of benzene rings is 1. The number of carbonyl (C=O) groups excluding carboxylic acids is 2. The van der Waals surface area contributed by atoms with Crippen LogP contribution in [-0.4, -0.2) is 45.2 Å². The second kappa shape index (κ2) is 9.90. The Morgan fingerprint density at radius 2 is 1.81 bits per heavy atom. The van der Waals surface area contributed by atoms with E-state index in [2.05, 4.69) is 16.0 Å². The highest BCUT2D eigenvalue weighted by Crippen LogP contribution is 2.07. The van der Waals surface area contributed by atoms with E-state index in [1.54, 1.807) is 7.11 Å². The molecule has 1 aromatic rings. The number of carbonyl (C=O) groups is 2. The van der Waals surface area contributed by atoms with Crippen LogP contribution in [0, 0.1) is 6.92 Å². The largest absolute Gasteiger partial charge is 0.383 e. The summed E-state index contributed by atoms with van der Waals surface area (Å²) in [6, 6.07) is 7.59. The van der Waals surface area contributed by atoms with Gasteiger partial charge in [-0.25, -0.2) is 0 Å². The standard InChI is InChI=1S/C15H23N3O3/c1-12-3-5-13(6-4-12)18-15(20)11-16-8-7-14(19)17-9-10-21-2/h3-6,16H,7-11H2,1-2H3,(H,17,19)(H,18,20). The van der Waals surface area contributed by atoms with Gasteiger partial charge in [0.15, 0.2) is 0 Å². The summed E-state index contributed by atoms with van der Waals surface area (Å²) in [6.45, 7) is 3.63. The number of rotatable bonds is 9. The molecular formula is C15H23N3O3. The maximum absolute atomic E-state index is 11.7. The summed E-state index contributed by atoms with van der Waals surface area (Å²) >= 11 is 0. The maximum atomic E-state index is 11.7. The fraction of sp³-hybridized carbons (Fsp3) is 0.467. The first-order chi connectivity index (χ1) is 10.1. The van der Waals surface area contributed by atoms with E-state index >= 15 is 0 Å². The summed E-state index contributed by atoms with van der Waals surface area (Å²) in [6.07, 6.45) is 0.335. The summed E-state index contributed by atoms with van der Waals surface area (Å²) in [4.78, 5) is 23.0. The predicted molar refractivity (Wildman–Crippen MR) is 82.2 cm³/mol. The van der Waals surface area contributed by atoms with Crippen LogP contribution in [0.2, 0.25) is 0 Å². The van der Waals surface area contributed by atoms with Crippen molar-refractivity contribution in [2.45, 2.75) is 13.3 Å². The van der Waals surface area contributed by atoms with Crippen LogP contribution in [0.25, 0.3) is 0 Å². The molecule has 116 valence electrons. The highest BCUT2D eigenvalue weighted by Gasteiger charge is 2.03. The Hall–Kier alpha value is -1.92. The smallest absolute Gasteiger partial charge is 0.238 e. The molecule has 0 saturated heterocycles. The van der Waals surface area contributed by atoms with Gasteiger partial charge < -0.3 is 20.7 Å². The molecule has 0 aliphatic carbocycles. The Morgan fingerprint density at radius 1 is 1.10 bits per heavy atom. The third kappa shape index (κ3) is 8.06. The molecule has 0 atom stereocenters. The molecule has 6 heteroatoms. The van der Waals surface area contributed by atoms with Gasteiger partial charge in [0.1, 0.15) is 0 Å². The van der Waals surface area contributed by atoms with Crippen LogP contribution in [0.5, 0.6) is 0 Å². The predicted octanol–water partition coefficient (Wildman–Crippen LogP) is 0.676. The molecule has 0 aliphatic heterocycles. The molecule has 0 fully saturated rings. The van der Waals surface area contributed by atoms with E-state index in [9.17, 15) is 9.59 Å². The van der Waals surface area contributed by atoms with Crippen molar-refractivity contribution in [2.75, 3.05) is 38.7 Å². The molecule has 21 heavy (non-hydrogen) atoms. The lowest BCUT2D eigenvalue weighted by Gasteiger charge is -2.07. The van der Waals surface area contributed by atoms with E-state index in [0.717, 1.165) is 11.3 Å². The van der Waals surface area contributed by atoms with Gasteiger partial charge in [0.05, 0.1) is 13.2 Å².